The van der Waals surface area contributed by atoms with Crippen molar-refractivity contribution in [2.24, 2.45) is 5.92 Å². The largest absolute Gasteiger partial charge is 0.392 e. The maximum atomic E-state index is 12.2. The van der Waals surface area contributed by atoms with Crippen molar-refractivity contribution in [1.29, 1.82) is 0 Å². The predicted octanol–water partition coefficient (Wildman–Crippen LogP) is 2.24. The highest BCUT2D eigenvalue weighted by atomic mass is 16.3. The summed E-state index contributed by atoms with van der Waals surface area (Å²) in [5, 5.41) is 18.4. The third kappa shape index (κ3) is 6.42. The number of amides is 1. The Bertz CT molecular complexity index is 510. The second-order valence-electron chi connectivity index (χ2n) is 5.85. The topological polar surface area (TPSA) is 73.4 Å². The molecule has 1 atom stereocenters. The average molecular weight is 319 g/mol. The molecule has 0 heterocycles. The molecule has 1 amide bonds. The van der Waals surface area contributed by atoms with Gasteiger partial charge in [-0.3, -0.25) is 4.79 Å². The molecule has 0 spiro atoms. The molecule has 1 aromatic carbocycles. The molecular weight excluding hydrogens is 290 g/mol. The van der Waals surface area contributed by atoms with Gasteiger partial charge in [0, 0.05) is 11.4 Å². The summed E-state index contributed by atoms with van der Waals surface area (Å²) >= 11 is 0. The number of hydrogen-bond donors (Lipinski definition) is 4. The van der Waals surface area contributed by atoms with Crippen LogP contribution in [0, 0.1) is 5.92 Å². The van der Waals surface area contributed by atoms with Crippen molar-refractivity contribution in [2.45, 2.75) is 39.8 Å². The highest BCUT2D eigenvalue weighted by molar-refractivity contribution is 5.82. The Morgan fingerprint density at radius 1 is 1.26 bits per heavy atom. The first-order valence-electron chi connectivity index (χ1n) is 8.12. The third-order valence-corrected chi connectivity index (χ3v) is 3.61. The van der Waals surface area contributed by atoms with Gasteiger partial charge in [0.1, 0.15) is 0 Å². The summed E-state index contributed by atoms with van der Waals surface area (Å²) in [6, 6.07) is 7.39. The third-order valence-electron chi connectivity index (χ3n) is 3.61. The molecule has 0 saturated heterocycles. The lowest BCUT2D eigenvalue weighted by atomic mass is 10.0. The molecule has 5 heteroatoms. The van der Waals surface area contributed by atoms with Crippen LogP contribution in [-0.4, -0.2) is 30.6 Å². The lowest BCUT2D eigenvalue weighted by Crippen LogP contribution is -2.46. The first kappa shape index (κ1) is 19.2. The lowest BCUT2D eigenvalue weighted by molar-refractivity contribution is -0.123. The Balaban J connectivity index is 2.65. The average Bonchev–Trinajstić information content (AvgIpc) is 2.54. The zero-order chi connectivity index (χ0) is 17.2. The zero-order valence-corrected chi connectivity index (χ0v) is 14.5. The van der Waals surface area contributed by atoms with Crippen LogP contribution in [0.3, 0.4) is 0 Å². The van der Waals surface area contributed by atoms with Gasteiger partial charge in [0.25, 0.3) is 0 Å². The molecule has 1 unspecified atom stereocenters. The summed E-state index contributed by atoms with van der Waals surface area (Å²) in [5.41, 5.74) is 2.76. The van der Waals surface area contributed by atoms with E-state index in [1.807, 2.05) is 38.1 Å². The smallest absolute Gasteiger partial charge is 0.237 e. The van der Waals surface area contributed by atoms with Crippen molar-refractivity contribution < 1.29 is 9.90 Å². The van der Waals surface area contributed by atoms with Crippen LogP contribution in [0.15, 0.2) is 36.0 Å². The minimum absolute atomic E-state index is 0.00179. The Morgan fingerprint density at radius 2 is 1.91 bits per heavy atom. The van der Waals surface area contributed by atoms with E-state index in [1.54, 1.807) is 7.05 Å². The summed E-state index contributed by atoms with van der Waals surface area (Å²) in [6.07, 6.45) is 2.94. The molecule has 0 fully saturated rings. The number of carbonyl (C=O) groups is 1. The van der Waals surface area contributed by atoms with Crippen molar-refractivity contribution in [1.82, 2.24) is 10.6 Å². The van der Waals surface area contributed by atoms with Crippen LogP contribution >= 0.6 is 0 Å². The number of aliphatic hydroxyl groups is 1. The van der Waals surface area contributed by atoms with Gasteiger partial charge in [-0.1, -0.05) is 39.0 Å². The molecule has 0 radical (unpaired) electrons. The van der Waals surface area contributed by atoms with Crippen molar-refractivity contribution in [3.05, 3.63) is 41.6 Å². The van der Waals surface area contributed by atoms with Gasteiger partial charge in [0.15, 0.2) is 0 Å². The van der Waals surface area contributed by atoms with Gasteiger partial charge in [0.2, 0.25) is 5.91 Å². The van der Waals surface area contributed by atoms with E-state index in [2.05, 4.69) is 29.0 Å². The molecule has 1 aromatic rings. The molecule has 23 heavy (non-hydrogen) atoms. The van der Waals surface area contributed by atoms with Crippen LogP contribution in [-0.2, 0) is 11.4 Å². The molecule has 1 rings (SSSR count). The highest BCUT2D eigenvalue weighted by Crippen LogP contribution is 2.12. The molecular formula is C18H29N3O2. The number of rotatable bonds is 9. The van der Waals surface area contributed by atoms with Crippen LogP contribution in [0.5, 0.6) is 0 Å². The van der Waals surface area contributed by atoms with Gasteiger partial charge in [-0.25, -0.2) is 0 Å². The maximum Gasteiger partial charge on any atom is 0.237 e. The molecule has 0 bridgehead atoms. The maximum absolute atomic E-state index is 12.2. The number of aliphatic hydroxyl groups excluding tert-OH is 1. The summed E-state index contributed by atoms with van der Waals surface area (Å²) in [7, 11) is 1.80. The minimum atomic E-state index is -0.193. The fourth-order valence-electron chi connectivity index (χ4n) is 2.35. The van der Waals surface area contributed by atoms with E-state index in [0.29, 0.717) is 6.54 Å². The van der Waals surface area contributed by atoms with E-state index in [4.69, 9.17) is 5.11 Å². The minimum Gasteiger partial charge on any atom is -0.392 e. The first-order valence-corrected chi connectivity index (χ1v) is 8.12. The number of anilines is 1. The molecule has 0 aliphatic carbocycles. The number of carbonyl (C=O) groups excluding carboxylic acids is 1. The standard InChI is InChI=1S/C18H29N3O2/c1-5-6-16(11-20-18(23)17(19-4)13(2)3)21-15-9-7-14(12-22)8-10-15/h6-10,13,17,19,21-22H,5,11-12H2,1-4H3,(H,20,23)/b16-6+. The van der Waals surface area contributed by atoms with E-state index < -0.39 is 0 Å². The number of allylic oxidation sites excluding steroid dienone is 1. The molecule has 0 aliphatic heterocycles. The summed E-state index contributed by atoms with van der Waals surface area (Å²) < 4.78 is 0. The van der Waals surface area contributed by atoms with Gasteiger partial charge in [0.05, 0.1) is 19.2 Å². The van der Waals surface area contributed by atoms with E-state index in [9.17, 15) is 4.79 Å². The predicted molar refractivity (Wildman–Crippen MR) is 95.1 cm³/mol. The number of likely N-dealkylation sites (N-methyl/N-ethyl adjacent to an activating group) is 1. The van der Waals surface area contributed by atoms with Gasteiger partial charge >= 0.3 is 0 Å². The summed E-state index contributed by atoms with van der Waals surface area (Å²) in [5.74, 6) is 0.236. The monoisotopic (exact) mass is 319 g/mol. The Labute approximate surface area is 139 Å². The Hall–Kier alpha value is -1.85. The fourth-order valence-corrected chi connectivity index (χ4v) is 2.35. The van der Waals surface area contributed by atoms with E-state index in [0.717, 1.165) is 23.4 Å². The van der Waals surface area contributed by atoms with Crippen molar-refractivity contribution >= 4 is 11.6 Å². The van der Waals surface area contributed by atoms with Crippen LogP contribution in [0.4, 0.5) is 5.69 Å². The molecule has 0 aromatic heterocycles. The first-order chi connectivity index (χ1) is 11.0. The molecule has 4 N–H and O–H groups in total. The van der Waals surface area contributed by atoms with Gasteiger partial charge in [-0.15, -0.1) is 0 Å². The summed E-state index contributed by atoms with van der Waals surface area (Å²) in [6.45, 7) is 6.59. The van der Waals surface area contributed by atoms with Crippen LogP contribution in [0.1, 0.15) is 32.8 Å². The molecule has 0 saturated carbocycles. The summed E-state index contributed by atoms with van der Waals surface area (Å²) in [4.78, 5) is 12.2. The quantitative estimate of drug-likeness (QED) is 0.563. The number of hydrogen-bond acceptors (Lipinski definition) is 4. The molecule has 128 valence electrons. The Kier molecular flexibility index (Phi) is 8.37. The molecule has 0 aliphatic rings. The van der Waals surface area contributed by atoms with Crippen molar-refractivity contribution in [3.63, 3.8) is 0 Å². The lowest BCUT2D eigenvalue weighted by Gasteiger charge is -2.20. The second kappa shape index (κ2) is 10.0. The van der Waals surface area contributed by atoms with Gasteiger partial charge < -0.3 is 21.1 Å². The van der Waals surface area contributed by atoms with E-state index in [1.165, 1.54) is 0 Å². The van der Waals surface area contributed by atoms with Crippen LogP contribution in [0.25, 0.3) is 0 Å². The molecule has 5 nitrogen and oxygen atoms in total. The second-order valence-corrected chi connectivity index (χ2v) is 5.85. The fraction of sp³-hybridized carbons (Fsp3) is 0.500. The normalized spacial score (nSPS) is 13.0. The van der Waals surface area contributed by atoms with E-state index in [-0.39, 0.29) is 24.5 Å². The van der Waals surface area contributed by atoms with Gasteiger partial charge in [-0.2, -0.15) is 0 Å². The number of benzene rings is 1. The number of nitrogens with one attached hydrogen (secondary N) is 3. The Morgan fingerprint density at radius 3 is 2.39 bits per heavy atom. The van der Waals surface area contributed by atoms with Gasteiger partial charge in [-0.05, 0) is 37.1 Å². The van der Waals surface area contributed by atoms with Crippen molar-refractivity contribution in [3.8, 4) is 0 Å². The SMILES string of the molecule is CC/C=C(\CNC(=O)C(NC)C(C)C)Nc1ccc(CO)cc1. The van der Waals surface area contributed by atoms with E-state index >= 15 is 0 Å². The van der Waals surface area contributed by atoms with Crippen molar-refractivity contribution in [2.75, 3.05) is 18.9 Å². The van der Waals surface area contributed by atoms with Crippen LogP contribution < -0.4 is 16.0 Å². The zero-order valence-electron chi connectivity index (χ0n) is 14.5. The highest BCUT2D eigenvalue weighted by Gasteiger charge is 2.19. The van der Waals surface area contributed by atoms with Crippen LogP contribution in [0.2, 0.25) is 0 Å².